The van der Waals surface area contributed by atoms with E-state index in [2.05, 4.69) is 25.6 Å². The first-order chi connectivity index (χ1) is 6.81. The van der Waals surface area contributed by atoms with Crippen LogP contribution < -0.4 is 0 Å². The Kier molecular flexibility index (Phi) is 3.78. The third-order valence-corrected chi connectivity index (χ3v) is 4.99. The van der Waals surface area contributed by atoms with Crippen LogP contribution in [-0.2, 0) is 4.74 Å². The predicted octanol–water partition coefficient (Wildman–Crippen LogP) is 3.82. The van der Waals surface area contributed by atoms with E-state index < -0.39 is 0 Å². The van der Waals surface area contributed by atoms with Crippen LogP contribution in [0.4, 0.5) is 0 Å². The molecule has 0 N–H and O–H groups in total. The normalized spacial score (nSPS) is 42.4. The zero-order valence-corrected chi connectivity index (χ0v) is 10.2. The van der Waals surface area contributed by atoms with Gasteiger partial charge in [-0.2, -0.15) is 0 Å². The van der Waals surface area contributed by atoms with Gasteiger partial charge in [0.2, 0.25) is 0 Å². The van der Waals surface area contributed by atoms with Gasteiger partial charge in [0.25, 0.3) is 0 Å². The van der Waals surface area contributed by atoms with Gasteiger partial charge in [-0.15, -0.1) is 11.8 Å². The second-order valence-corrected chi connectivity index (χ2v) is 6.20. The van der Waals surface area contributed by atoms with Crippen LogP contribution >= 0.6 is 11.8 Å². The van der Waals surface area contributed by atoms with E-state index in [0.29, 0.717) is 11.5 Å². The van der Waals surface area contributed by atoms with Crippen LogP contribution in [-0.4, -0.2) is 16.8 Å². The highest BCUT2D eigenvalue weighted by Crippen LogP contribution is 2.45. The van der Waals surface area contributed by atoms with Crippen molar-refractivity contribution in [1.82, 2.24) is 0 Å². The van der Waals surface area contributed by atoms with E-state index in [1.54, 1.807) is 0 Å². The second-order valence-electron chi connectivity index (χ2n) is 4.65. The minimum absolute atomic E-state index is 0.441. The summed E-state index contributed by atoms with van der Waals surface area (Å²) in [6.07, 6.45) is 8.88. The van der Waals surface area contributed by atoms with Crippen molar-refractivity contribution in [2.45, 2.75) is 69.2 Å². The highest BCUT2D eigenvalue weighted by molar-refractivity contribution is 8.00. The van der Waals surface area contributed by atoms with Crippen LogP contribution in [0.2, 0.25) is 0 Å². The van der Waals surface area contributed by atoms with Crippen LogP contribution in [0, 0.1) is 5.92 Å². The fourth-order valence-corrected chi connectivity index (χ4v) is 4.38. The molecule has 1 nitrogen and oxygen atoms in total. The predicted molar refractivity (Wildman–Crippen MR) is 62.6 cm³/mol. The van der Waals surface area contributed by atoms with Crippen molar-refractivity contribution in [2.75, 3.05) is 0 Å². The van der Waals surface area contributed by atoms with Gasteiger partial charge in [0, 0.05) is 5.25 Å². The summed E-state index contributed by atoms with van der Waals surface area (Å²) in [6.45, 7) is 4.51. The lowest BCUT2D eigenvalue weighted by Crippen LogP contribution is -2.36. The Labute approximate surface area is 92.0 Å². The fourth-order valence-electron chi connectivity index (χ4n) is 2.86. The molecule has 0 radical (unpaired) electrons. The average molecular weight is 214 g/mol. The number of unbranched alkanes of at least 4 members (excludes halogenated alkanes) is 1. The van der Waals surface area contributed by atoms with E-state index in [-0.39, 0.29) is 0 Å². The molecule has 0 aromatic heterocycles. The van der Waals surface area contributed by atoms with Gasteiger partial charge in [-0.05, 0) is 32.1 Å². The van der Waals surface area contributed by atoms with Crippen LogP contribution in [0.5, 0.6) is 0 Å². The molecule has 1 aliphatic carbocycles. The molecule has 1 saturated heterocycles. The lowest BCUT2D eigenvalue weighted by molar-refractivity contribution is 0.00621. The molecule has 4 unspecified atom stereocenters. The highest BCUT2D eigenvalue weighted by Gasteiger charge is 2.39. The van der Waals surface area contributed by atoms with Crippen molar-refractivity contribution in [3.8, 4) is 0 Å². The van der Waals surface area contributed by atoms with E-state index in [1.165, 1.54) is 38.5 Å². The molecular formula is C12H22OS. The van der Waals surface area contributed by atoms with Crippen LogP contribution in [0.15, 0.2) is 0 Å². The monoisotopic (exact) mass is 214 g/mol. The van der Waals surface area contributed by atoms with E-state index in [1.807, 2.05) is 0 Å². The molecule has 4 atom stereocenters. The van der Waals surface area contributed by atoms with Crippen molar-refractivity contribution >= 4 is 11.8 Å². The van der Waals surface area contributed by atoms with Crippen molar-refractivity contribution in [3.63, 3.8) is 0 Å². The lowest BCUT2D eigenvalue weighted by Gasteiger charge is -2.37. The molecule has 2 heteroatoms. The third kappa shape index (κ3) is 2.27. The fraction of sp³-hybridized carbons (Fsp3) is 1.00. The highest BCUT2D eigenvalue weighted by atomic mass is 32.2. The Bertz CT molecular complexity index is 183. The molecular weight excluding hydrogens is 192 g/mol. The number of ether oxygens (including phenoxy) is 1. The summed E-state index contributed by atoms with van der Waals surface area (Å²) in [5, 5.41) is 0.895. The Hall–Kier alpha value is 0.310. The Morgan fingerprint density at radius 1 is 1.36 bits per heavy atom. The summed E-state index contributed by atoms with van der Waals surface area (Å²) in [6, 6.07) is 0. The zero-order valence-electron chi connectivity index (χ0n) is 9.37. The topological polar surface area (TPSA) is 9.23 Å². The van der Waals surface area contributed by atoms with Crippen molar-refractivity contribution in [3.05, 3.63) is 0 Å². The lowest BCUT2D eigenvalue weighted by atomic mass is 9.97. The molecule has 2 rings (SSSR count). The Morgan fingerprint density at radius 3 is 3.00 bits per heavy atom. The third-order valence-electron chi connectivity index (χ3n) is 3.56. The van der Waals surface area contributed by atoms with E-state index in [0.717, 1.165) is 11.2 Å². The summed E-state index contributed by atoms with van der Waals surface area (Å²) in [4.78, 5) is 0. The van der Waals surface area contributed by atoms with Crippen LogP contribution in [0.1, 0.15) is 52.4 Å². The molecule has 0 amide bonds. The maximum Gasteiger partial charge on any atom is 0.101 e. The summed E-state index contributed by atoms with van der Waals surface area (Å²) >= 11 is 2.08. The van der Waals surface area contributed by atoms with Gasteiger partial charge < -0.3 is 4.74 Å². The molecule has 2 aliphatic rings. The Morgan fingerprint density at radius 2 is 2.21 bits per heavy atom. The van der Waals surface area contributed by atoms with Crippen molar-refractivity contribution in [1.29, 1.82) is 0 Å². The summed E-state index contributed by atoms with van der Waals surface area (Å²) in [5.41, 5.74) is 0.441. The molecule has 82 valence electrons. The standard InChI is InChI=1S/C12H22OS/c1-3-4-8-12-10-6-5-7-11(10)13-9(2)14-12/h9-12H,3-8H2,1-2H3. The molecule has 1 saturated carbocycles. The molecule has 0 bridgehead atoms. The molecule has 0 aromatic rings. The molecule has 14 heavy (non-hydrogen) atoms. The summed E-state index contributed by atoms with van der Waals surface area (Å²) in [7, 11) is 0. The molecule has 1 heterocycles. The van der Waals surface area contributed by atoms with Crippen LogP contribution in [0.25, 0.3) is 0 Å². The average Bonchev–Trinajstić information content (AvgIpc) is 2.61. The Balaban J connectivity index is 1.92. The maximum absolute atomic E-state index is 5.98. The number of rotatable bonds is 3. The van der Waals surface area contributed by atoms with Gasteiger partial charge in [0.15, 0.2) is 0 Å². The number of hydrogen-bond donors (Lipinski definition) is 0. The van der Waals surface area contributed by atoms with Gasteiger partial charge in [-0.1, -0.05) is 26.2 Å². The van der Waals surface area contributed by atoms with Gasteiger partial charge in [-0.3, -0.25) is 0 Å². The van der Waals surface area contributed by atoms with E-state index in [9.17, 15) is 0 Å². The van der Waals surface area contributed by atoms with Gasteiger partial charge in [0.1, 0.15) is 5.44 Å². The SMILES string of the molecule is CCCCC1SC(C)OC2CCCC21. The summed E-state index contributed by atoms with van der Waals surface area (Å²) in [5.74, 6) is 0.878. The molecule has 0 spiro atoms. The minimum Gasteiger partial charge on any atom is -0.364 e. The number of thioether (sulfide) groups is 1. The first-order valence-corrected chi connectivity index (χ1v) is 7.06. The molecule has 0 aromatic carbocycles. The smallest absolute Gasteiger partial charge is 0.101 e. The van der Waals surface area contributed by atoms with Crippen molar-refractivity contribution < 1.29 is 4.74 Å². The first kappa shape index (κ1) is 10.8. The largest absolute Gasteiger partial charge is 0.364 e. The summed E-state index contributed by atoms with van der Waals surface area (Å²) < 4.78 is 5.98. The molecule has 1 aliphatic heterocycles. The van der Waals surface area contributed by atoms with E-state index in [4.69, 9.17) is 4.74 Å². The number of fused-ring (bicyclic) bond motifs is 1. The van der Waals surface area contributed by atoms with E-state index >= 15 is 0 Å². The number of hydrogen-bond acceptors (Lipinski definition) is 2. The van der Waals surface area contributed by atoms with Crippen molar-refractivity contribution in [2.24, 2.45) is 5.92 Å². The molecule has 2 fully saturated rings. The minimum atomic E-state index is 0.441. The van der Waals surface area contributed by atoms with Gasteiger partial charge in [0.05, 0.1) is 6.10 Å². The first-order valence-electron chi connectivity index (χ1n) is 6.12. The quantitative estimate of drug-likeness (QED) is 0.706. The van der Waals surface area contributed by atoms with Gasteiger partial charge >= 0.3 is 0 Å². The maximum atomic E-state index is 5.98. The zero-order chi connectivity index (χ0) is 9.97. The van der Waals surface area contributed by atoms with Crippen LogP contribution in [0.3, 0.4) is 0 Å². The van der Waals surface area contributed by atoms with Gasteiger partial charge in [-0.25, -0.2) is 0 Å². The second kappa shape index (κ2) is 4.89.